The molecule has 2 atom stereocenters. The Hall–Kier alpha value is 1.19. The molecule has 6 heteroatoms. The van der Waals surface area contributed by atoms with Crippen LogP contribution < -0.4 is 0 Å². The van der Waals surface area contributed by atoms with E-state index in [0.717, 1.165) is 0 Å². The predicted octanol–water partition coefficient (Wildman–Crippen LogP) is 0.555. The second-order valence-corrected chi connectivity index (χ2v) is 5.58. The van der Waals surface area contributed by atoms with E-state index in [2.05, 4.69) is 11.8 Å². The van der Waals surface area contributed by atoms with Crippen molar-refractivity contribution in [3.05, 3.63) is 0 Å². The lowest BCUT2D eigenvalue weighted by atomic mass is 10.7. The standard InChI is InChI=1S/C3H7BOP2SSi/c1-9-3(5,7-4)2-6-8/h5,7H,2H2,1H3/i7D. The lowest BCUT2D eigenvalue weighted by Crippen LogP contribution is -2.30. The molecule has 0 aromatic rings. The lowest BCUT2D eigenvalue weighted by molar-refractivity contribution is 0.242. The van der Waals surface area contributed by atoms with E-state index in [1.165, 1.54) is 0 Å². The quantitative estimate of drug-likeness (QED) is 0.519. The SMILES string of the molecule is [2H]P([B])C(O)(CP=S)[Si]C. The maximum atomic E-state index is 9.55. The fraction of sp³-hybridized carbons (Fsp3) is 1.00. The minimum atomic E-state index is -1.51. The first-order valence-corrected chi connectivity index (χ1v) is 6.86. The summed E-state index contributed by atoms with van der Waals surface area (Å²) >= 11 is 4.67. The van der Waals surface area contributed by atoms with Crippen LogP contribution in [0.5, 0.6) is 0 Å². The van der Waals surface area contributed by atoms with Crippen molar-refractivity contribution in [1.82, 2.24) is 0 Å². The third-order valence-corrected chi connectivity index (χ3v) is 5.04. The zero-order valence-corrected chi connectivity index (χ0v) is 8.64. The van der Waals surface area contributed by atoms with Gasteiger partial charge in [0.05, 0.1) is 14.5 Å². The molecule has 0 fully saturated rings. The first-order valence-electron chi connectivity index (χ1n) is 2.75. The van der Waals surface area contributed by atoms with Crippen LogP contribution in [0.1, 0.15) is 0 Å². The first kappa shape index (κ1) is 8.29. The van der Waals surface area contributed by atoms with Gasteiger partial charge in [-0.15, -0.1) is 8.40 Å². The first-order chi connectivity index (χ1) is 4.56. The van der Waals surface area contributed by atoms with Gasteiger partial charge in [-0.1, -0.05) is 18.4 Å². The highest BCUT2D eigenvalue weighted by atomic mass is 32.4. The van der Waals surface area contributed by atoms with Crippen molar-refractivity contribution >= 4 is 44.7 Å². The molecule has 0 aliphatic rings. The molecule has 1 N–H and O–H groups in total. The van der Waals surface area contributed by atoms with Crippen molar-refractivity contribution in [2.45, 2.75) is 11.5 Å². The summed E-state index contributed by atoms with van der Waals surface area (Å²) in [6, 6.07) is 0. The number of hydrogen-bond acceptors (Lipinski definition) is 2. The highest BCUT2D eigenvalue weighted by Gasteiger charge is 2.20. The molecule has 48 valence electrons. The van der Waals surface area contributed by atoms with Crippen LogP contribution in [0, 0.1) is 0 Å². The summed E-state index contributed by atoms with van der Waals surface area (Å²) in [5, 5.41) is 9.55. The van der Waals surface area contributed by atoms with E-state index in [-0.39, 0.29) is 9.52 Å². The van der Waals surface area contributed by atoms with E-state index in [9.17, 15) is 5.11 Å². The Morgan fingerprint density at radius 3 is 2.89 bits per heavy atom. The van der Waals surface area contributed by atoms with Gasteiger partial charge in [-0.3, -0.25) is 0 Å². The van der Waals surface area contributed by atoms with E-state index >= 15 is 0 Å². The maximum Gasteiger partial charge on any atom is 0.107 e. The Morgan fingerprint density at radius 1 is 2.22 bits per heavy atom. The average Bonchev–Trinajstić information content (AvgIpc) is 1.88. The van der Waals surface area contributed by atoms with Crippen molar-refractivity contribution in [2.75, 3.05) is 6.16 Å². The molecule has 0 spiro atoms. The van der Waals surface area contributed by atoms with Crippen molar-refractivity contribution < 1.29 is 5.11 Å². The summed E-state index contributed by atoms with van der Waals surface area (Å²) in [7, 11) is 4.78. The summed E-state index contributed by atoms with van der Waals surface area (Å²) in [6.07, 6.45) is 0.447. The fourth-order valence-electron chi connectivity index (χ4n) is 0.274. The predicted molar refractivity (Wildman–Crippen MR) is 49.8 cm³/mol. The molecule has 0 bridgehead atoms. The van der Waals surface area contributed by atoms with E-state index < -0.39 is 13.4 Å². The minimum Gasteiger partial charge on any atom is -0.390 e. The summed E-state index contributed by atoms with van der Waals surface area (Å²) < 4.78 is 7.18. The topological polar surface area (TPSA) is 20.2 Å². The van der Waals surface area contributed by atoms with Crippen LogP contribution in [0.15, 0.2) is 0 Å². The largest absolute Gasteiger partial charge is 0.390 e. The van der Waals surface area contributed by atoms with E-state index in [0.29, 0.717) is 13.5 Å². The van der Waals surface area contributed by atoms with Crippen molar-refractivity contribution in [3.8, 4) is 0 Å². The monoisotopic (exact) mass is 193 g/mol. The minimum absolute atomic E-state index is 0.287. The lowest BCUT2D eigenvalue weighted by Gasteiger charge is -2.21. The number of rotatable bonds is 4. The molecule has 4 radical (unpaired) electrons. The molecular weight excluding hydrogens is 185 g/mol. The molecule has 9 heavy (non-hydrogen) atoms. The van der Waals surface area contributed by atoms with Crippen molar-refractivity contribution in [2.24, 2.45) is 0 Å². The molecule has 0 rings (SSSR count). The molecule has 0 amide bonds. The van der Waals surface area contributed by atoms with Gasteiger partial charge in [0.25, 0.3) is 0 Å². The van der Waals surface area contributed by atoms with Gasteiger partial charge in [0.1, 0.15) is 7.57 Å². The van der Waals surface area contributed by atoms with Crippen LogP contribution in [0.2, 0.25) is 6.55 Å². The second kappa shape index (κ2) is 4.92. The third-order valence-electron chi connectivity index (χ3n) is 0.899. The Kier molecular flexibility index (Phi) is 4.54. The van der Waals surface area contributed by atoms with Crippen LogP contribution in [-0.2, 0) is 11.8 Å². The summed E-state index contributed by atoms with van der Waals surface area (Å²) in [6.45, 7) is 1.84. The molecule has 2 unspecified atom stereocenters. The van der Waals surface area contributed by atoms with Crippen LogP contribution in [0.4, 0.5) is 0 Å². The Balaban J connectivity index is 4.07. The van der Waals surface area contributed by atoms with Crippen LogP contribution in [0.3, 0.4) is 0 Å². The highest BCUT2D eigenvalue weighted by molar-refractivity contribution is 7.96. The third kappa shape index (κ3) is 3.80. The number of hydrogen-bond donors (Lipinski definition) is 1. The smallest absolute Gasteiger partial charge is 0.107 e. The second-order valence-electron chi connectivity index (χ2n) is 1.48. The molecule has 1 nitrogen and oxygen atoms in total. The van der Waals surface area contributed by atoms with E-state index in [1.54, 1.807) is 0 Å². The molecular formula is C3H7BOP2SSi. The zero-order chi connectivity index (χ0) is 8.20. The highest BCUT2D eigenvalue weighted by Crippen LogP contribution is 2.26. The molecule has 0 heterocycles. The molecule has 0 aliphatic carbocycles. The average molecular weight is 193 g/mol. The molecule has 0 aliphatic heterocycles. The Labute approximate surface area is 69.1 Å². The normalized spacial score (nSPS) is 22.7. The van der Waals surface area contributed by atoms with Gasteiger partial charge >= 0.3 is 0 Å². The van der Waals surface area contributed by atoms with E-state index in [1.807, 2.05) is 6.55 Å². The Bertz CT molecular complexity index is 129. The van der Waals surface area contributed by atoms with Crippen LogP contribution in [-0.4, -0.2) is 34.6 Å². The molecule has 0 saturated heterocycles. The van der Waals surface area contributed by atoms with Crippen LogP contribution in [0.25, 0.3) is 0 Å². The van der Waals surface area contributed by atoms with Crippen molar-refractivity contribution in [1.29, 1.82) is 1.28 Å². The van der Waals surface area contributed by atoms with Gasteiger partial charge in [0, 0.05) is 7.44 Å². The zero-order valence-electron chi connectivity index (χ0n) is 6.03. The van der Waals surface area contributed by atoms with E-state index in [4.69, 9.17) is 8.84 Å². The molecule has 0 saturated carbocycles. The van der Waals surface area contributed by atoms with Gasteiger partial charge in [0.15, 0.2) is 0 Å². The maximum absolute atomic E-state index is 9.55. The van der Waals surface area contributed by atoms with Crippen LogP contribution >= 0.6 is 15.8 Å². The van der Waals surface area contributed by atoms with Gasteiger partial charge in [-0.05, 0) is 7.36 Å². The fourth-order valence-corrected chi connectivity index (χ4v) is 3.57. The van der Waals surface area contributed by atoms with Gasteiger partial charge < -0.3 is 5.11 Å². The summed E-state index contributed by atoms with van der Waals surface area (Å²) in [5.41, 5.74) is 0. The molecule has 0 aromatic heterocycles. The van der Waals surface area contributed by atoms with Gasteiger partial charge in [-0.2, -0.15) is 0 Å². The van der Waals surface area contributed by atoms with Crippen molar-refractivity contribution in [3.63, 3.8) is 0 Å². The molecule has 0 aromatic carbocycles. The van der Waals surface area contributed by atoms with Gasteiger partial charge in [0.2, 0.25) is 0 Å². The summed E-state index contributed by atoms with van der Waals surface area (Å²) in [4.78, 5) is -0.987. The Morgan fingerprint density at radius 2 is 2.78 bits per heavy atom. The summed E-state index contributed by atoms with van der Waals surface area (Å²) in [5.74, 6) is 0. The number of aliphatic hydroxyl groups is 1. The van der Waals surface area contributed by atoms with Gasteiger partial charge in [-0.25, -0.2) is 0 Å².